The second-order valence-corrected chi connectivity index (χ2v) is 7.51. The summed E-state index contributed by atoms with van der Waals surface area (Å²) in [5.41, 5.74) is 0.846. The molecule has 2 fully saturated rings. The molecule has 0 spiro atoms. The Morgan fingerprint density at radius 2 is 2.19 bits per heavy atom. The molecular formula is C19H26N2O6. The smallest absolute Gasteiger partial charge is 0.410 e. The van der Waals surface area contributed by atoms with Gasteiger partial charge in [0.05, 0.1) is 18.1 Å². The van der Waals surface area contributed by atoms with Crippen molar-refractivity contribution in [2.45, 2.75) is 44.8 Å². The molecular weight excluding hydrogens is 352 g/mol. The Morgan fingerprint density at radius 3 is 2.81 bits per heavy atom. The highest BCUT2D eigenvalue weighted by atomic mass is 16.6. The first-order chi connectivity index (χ1) is 12.8. The lowest BCUT2D eigenvalue weighted by molar-refractivity contribution is -0.161. The van der Waals surface area contributed by atoms with Crippen molar-refractivity contribution in [2.75, 3.05) is 19.7 Å². The summed E-state index contributed by atoms with van der Waals surface area (Å²) in [6.07, 6.45) is 3.08. The summed E-state index contributed by atoms with van der Waals surface area (Å²) in [4.78, 5) is 38.8. The Bertz CT molecular complexity index is 686. The Kier molecular flexibility index (Phi) is 5.55. The molecule has 0 aromatic rings. The molecule has 0 bridgehead atoms. The number of rotatable bonds is 7. The predicted octanol–water partition coefficient (Wildman–Crippen LogP) is 1.36. The fourth-order valence-corrected chi connectivity index (χ4v) is 4.42. The summed E-state index contributed by atoms with van der Waals surface area (Å²) in [5.74, 6) is -1.64. The molecule has 8 heteroatoms. The van der Waals surface area contributed by atoms with Gasteiger partial charge in [0.1, 0.15) is 12.3 Å². The van der Waals surface area contributed by atoms with Gasteiger partial charge in [-0.15, -0.1) is 0 Å². The van der Waals surface area contributed by atoms with Crippen molar-refractivity contribution in [3.05, 3.63) is 23.9 Å². The maximum atomic E-state index is 12.2. The van der Waals surface area contributed by atoms with E-state index in [1.807, 2.05) is 0 Å². The first-order valence-corrected chi connectivity index (χ1v) is 9.34. The van der Waals surface area contributed by atoms with Crippen molar-refractivity contribution in [3.8, 4) is 0 Å². The normalized spacial score (nSPS) is 28.1. The molecule has 2 amide bonds. The van der Waals surface area contributed by atoms with Crippen LogP contribution in [0, 0.1) is 11.8 Å². The van der Waals surface area contributed by atoms with Crippen LogP contribution in [0.4, 0.5) is 4.79 Å². The van der Waals surface area contributed by atoms with Crippen molar-refractivity contribution in [2.24, 2.45) is 11.8 Å². The van der Waals surface area contributed by atoms with Gasteiger partial charge in [-0.2, -0.15) is 0 Å². The molecule has 0 aliphatic carbocycles. The van der Waals surface area contributed by atoms with Gasteiger partial charge >= 0.3 is 12.1 Å². The monoisotopic (exact) mass is 378 g/mol. The standard InChI is InChI=1S/C19H26N2O6/c1-3-8-27-19(26)20-7-6-12(10-20)4-5-13-9-14-15(11(2)22)17(23)21(14)16(13)18(24)25/h3,11-12,14-15,22H,1,4-10H2,2H3,(H,24,25)/t11-,12?,14-,15-/m1/s1. The van der Waals surface area contributed by atoms with Crippen LogP contribution in [0.15, 0.2) is 23.9 Å². The number of β-lactam (4-membered cyclic amide) rings is 1. The van der Waals surface area contributed by atoms with Crippen LogP contribution in [0.3, 0.4) is 0 Å². The highest BCUT2D eigenvalue weighted by Gasteiger charge is 2.56. The number of hydrogen-bond acceptors (Lipinski definition) is 5. The lowest BCUT2D eigenvalue weighted by atomic mass is 9.82. The number of carbonyl (C=O) groups excluding carboxylic acids is 2. The number of carbonyl (C=O) groups is 3. The van der Waals surface area contributed by atoms with Crippen molar-refractivity contribution in [1.29, 1.82) is 0 Å². The molecule has 3 rings (SSSR count). The van der Waals surface area contributed by atoms with Crippen LogP contribution >= 0.6 is 0 Å². The van der Waals surface area contributed by atoms with Gasteiger partial charge in [0, 0.05) is 13.1 Å². The zero-order chi connectivity index (χ0) is 19.7. The van der Waals surface area contributed by atoms with E-state index in [9.17, 15) is 24.6 Å². The van der Waals surface area contributed by atoms with Gasteiger partial charge in [0.15, 0.2) is 0 Å². The van der Waals surface area contributed by atoms with E-state index in [1.54, 1.807) is 11.8 Å². The molecule has 1 unspecified atom stereocenters. The number of nitrogens with zero attached hydrogens (tertiary/aromatic N) is 2. The largest absolute Gasteiger partial charge is 0.477 e. The molecule has 2 saturated heterocycles. The van der Waals surface area contributed by atoms with E-state index in [2.05, 4.69) is 6.58 Å². The lowest BCUT2D eigenvalue weighted by Crippen LogP contribution is -2.61. The Hall–Kier alpha value is -2.35. The van der Waals surface area contributed by atoms with E-state index in [0.717, 1.165) is 18.4 Å². The van der Waals surface area contributed by atoms with Crippen molar-refractivity contribution in [1.82, 2.24) is 9.80 Å². The second-order valence-electron chi connectivity index (χ2n) is 7.51. The quantitative estimate of drug-likeness (QED) is 0.512. The van der Waals surface area contributed by atoms with Gasteiger partial charge < -0.3 is 24.7 Å². The molecule has 3 aliphatic rings. The third-order valence-corrected chi connectivity index (χ3v) is 5.75. The van der Waals surface area contributed by atoms with Crippen LogP contribution in [0.25, 0.3) is 0 Å². The molecule has 0 radical (unpaired) electrons. The molecule has 4 atom stereocenters. The van der Waals surface area contributed by atoms with Gasteiger partial charge in [0.25, 0.3) is 0 Å². The zero-order valence-electron chi connectivity index (χ0n) is 15.5. The number of carboxylic acids is 1. The van der Waals surface area contributed by atoms with E-state index in [1.165, 1.54) is 11.0 Å². The first kappa shape index (κ1) is 19.4. The van der Waals surface area contributed by atoms with Gasteiger partial charge in [-0.1, -0.05) is 12.7 Å². The number of ether oxygens (including phenoxy) is 1. The highest BCUT2D eigenvalue weighted by Crippen LogP contribution is 2.45. The third kappa shape index (κ3) is 3.58. The number of aliphatic hydroxyl groups is 1. The maximum Gasteiger partial charge on any atom is 0.410 e. The number of hydrogen-bond donors (Lipinski definition) is 2. The zero-order valence-corrected chi connectivity index (χ0v) is 15.5. The van der Waals surface area contributed by atoms with Crippen LogP contribution in [0.2, 0.25) is 0 Å². The van der Waals surface area contributed by atoms with E-state index < -0.39 is 18.0 Å². The summed E-state index contributed by atoms with van der Waals surface area (Å²) in [6.45, 7) is 6.49. The Morgan fingerprint density at radius 1 is 1.44 bits per heavy atom. The van der Waals surface area contributed by atoms with Crippen molar-refractivity contribution in [3.63, 3.8) is 0 Å². The molecule has 148 valence electrons. The second kappa shape index (κ2) is 7.72. The maximum absolute atomic E-state index is 12.2. The van der Waals surface area contributed by atoms with Gasteiger partial charge in [0.2, 0.25) is 5.91 Å². The Labute approximate surface area is 158 Å². The molecule has 3 heterocycles. The van der Waals surface area contributed by atoms with E-state index in [4.69, 9.17) is 4.74 Å². The summed E-state index contributed by atoms with van der Waals surface area (Å²) < 4.78 is 5.05. The molecule has 2 N–H and O–H groups in total. The van der Waals surface area contributed by atoms with Gasteiger partial charge in [-0.05, 0) is 44.1 Å². The number of aliphatic carboxylic acids is 1. The summed E-state index contributed by atoms with van der Waals surface area (Å²) in [6, 6.07) is -0.243. The fraction of sp³-hybridized carbons (Fsp3) is 0.632. The minimum atomic E-state index is -1.09. The highest BCUT2D eigenvalue weighted by molar-refractivity contribution is 5.99. The average Bonchev–Trinajstić information content (AvgIpc) is 3.20. The molecule has 27 heavy (non-hydrogen) atoms. The topological polar surface area (TPSA) is 107 Å². The number of fused-ring (bicyclic) bond motifs is 1. The van der Waals surface area contributed by atoms with E-state index in [-0.39, 0.29) is 36.3 Å². The first-order valence-electron chi connectivity index (χ1n) is 9.34. The average molecular weight is 378 g/mol. The number of carboxylic acid groups (broad SMARTS) is 1. The molecule has 8 nitrogen and oxygen atoms in total. The summed E-state index contributed by atoms with van der Waals surface area (Å²) in [7, 11) is 0. The SMILES string of the molecule is C=CCOC(=O)N1CCC(CCC2=C(C(=O)O)N3C(=O)[C@H]([C@@H](C)O)[C@H]3C2)C1. The lowest BCUT2D eigenvalue weighted by Gasteiger charge is -2.44. The Balaban J connectivity index is 1.58. The van der Waals surface area contributed by atoms with Crippen molar-refractivity contribution < 1.29 is 29.3 Å². The van der Waals surface area contributed by atoms with Crippen LogP contribution in [0.5, 0.6) is 0 Å². The molecule has 0 saturated carbocycles. The van der Waals surface area contributed by atoms with Crippen LogP contribution in [0.1, 0.15) is 32.6 Å². The summed E-state index contributed by atoms with van der Waals surface area (Å²) >= 11 is 0. The van der Waals surface area contributed by atoms with Crippen LogP contribution < -0.4 is 0 Å². The molecule has 0 aromatic carbocycles. The van der Waals surface area contributed by atoms with Crippen LogP contribution in [-0.2, 0) is 14.3 Å². The minimum Gasteiger partial charge on any atom is -0.477 e. The predicted molar refractivity (Wildman–Crippen MR) is 95.5 cm³/mol. The number of amides is 2. The molecule has 3 aliphatic heterocycles. The summed E-state index contributed by atoms with van der Waals surface area (Å²) in [5, 5.41) is 19.3. The van der Waals surface area contributed by atoms with Gasteiger partial charge in [-0.25, -0.2) is 9.59 Å². The fourth-order valence-electron chi connectivity index (χ4n) is 4.42. The van der Waals surface area contributed by atoms with Gasteiger partial charge in [-0.3, -0.25) is 4.79 Å². The third-order valence-electron chi connectivity index (χ3n) is 5.75. The number of likely N-dealkylation sites (tertiary alicyclic amines) is 1. The number of aliphatic hydroxyl groups excluding tert-OH is 1. The minimum absolute atomic E-state index is 0.0853. The van der Waals surface area contributed by atoms with Crippen LogP contribution in [-0.4, -0.2) is 69.8 Å². The van der Waals surface area contributed by atoms with Crippen molar-refractivity contribution >= 4 is 18.0 Å². The molecule has 0 aromatic heterocycles. The van der Waals surface area contributed by atoms with E-state index in [0.29, 0.717) is 25.9 Å². The van der Waals surface area contributed by atoms with E-state index >= 15 is 0 Å².